The molecule has 1 N–H and O–H groups in total. The highest BCUT2D eigenvalue weighted by molar-refractivity contribution is 9.09. The fourth-order valence-corrected chi connectivity index (χ4v) is 2.94. The van der Waals surface area contributed by atoms with Crippen LogP contribution in [0.15, 0.2) is 36.4 Å². The van der Waals surface area contributed by atoms with Crippen molar-refractivity contribution in [3.63, 3.8) is 0 Å². The standard InChI is InChI=1S/C16H19BrN2O/c1-3-16(2,10-11-17)19-15(20)14-9-8-12-6-4-5-7-13(12)18-14/h4-9H,3,10-11H2,1-2H3,(H,19,20). The molecule has 20 heavy (non-hydrogen) atoms. The van der Waals surface area contributed by atoms with Crippen molar-refractivity contribution < 1.29 is 4.79 Å². The van der Waals surface area contributed by atoms with Crippen molar-refractivity contribution in [2.75, 3.05) is 5.33 Å². The summed E-state index contributed by atoms with van der Waals surface area (Å²) < 4.78 is 0. The Morgan fingerprint density at radius 2 is 2.05 bits per heavy atom. The molecule has 0 aliphatic rings. The Morgan fingerprint density at radius 3 is 2.75 bits per heavy atom. The molecule has 2 aromatic rings. The monoisotopic (exact) mass is 334 g/mol. The molecule has 3 nitrogen and oxygen atoms in total. The van der Waals surface area contributed by atoms with Gasteiger partial charge in [-0.2, -0.15) is 0 Å². The van der Waals surface area contributed by atoms with Crippen LogP contribution in [0.25, 0.3) is 10.9 Å². The van der Waals surface area contributed by atoms with Crippen LogP contribution in [-0.4, -0.2) is 21.8 Å². The number of nitrogens with zero attached hydrogens (tertiary/aromatic N) is 1. The molecule has 0 saturated carbocycles. The van der Waals surface area contributed by atoms with Gasteiger partial charge in [0.2, 0.25) is 0 Å². The number of fused-ring (bicyclic) bond motifs is 1. The fourth-order valence-electron chi connectivity index (χ4n) is 2.07. The molecular formula is C16H19BrN2O. The Labute approximate surface area is 127 Å². The second kappa shape index (κ2) is 6.35. The van der Waals surface area contributed by atoms with Gasteiger partial charge >= 0.3 is 0 Å². The molecule has 0 bridgehead atoms. The lowest BCUT2D eigenvalue weighted by atomic mass is 9.95. The van der Waals surface area contributed by atoms with Crippen LogP contribution >= 0.6 is 15.9 Å². The van der Waals surface area contributed by atoms with Gasteiger partial charge in [-0.25, -0.2) is 4.98 Å². The number of carbonyl (C=O) groups is 1. The summed E-state index contributed by atoms with van der Waals surface area (Å²) in [6.07, 6.45) is 1.78. The van der Waals surface area contributed by atoms with Crippen LogP contribution in [0.4, 0.5) is 0 Å². The first-order valence-electron chi connectivity index (χ1n) is 6.82. The van der Waals surface area contributed by atoms with Crippen LogP contribution in [0.2, 0.25) is 0 Å². The van der Waals surface area contributed by atoms with Crippen LogP contribution in [0.3, 0.4) is 0 Å². The molecule has 0 aliphatic carbocycles. The normalized spacial score (nSPS) is 13.9. The second-order valence-corrected chi connectivity index (χ2v) is 5.99. The van der Waals surface area contributed by atoms with Gasteiger partial charge in [-0.1, -0.05) is 47.1 Å². The van der Waals surface area contributed by atoms with Crippen molar-refractivity contribution in [3.05, 3.63) is 42.1 Å². The average Bonchev–Trinajstić information content (AvgIpc) is 2.47. The number of hydrogen-bond acceptors (Lipinski definition) is 2. The Morgan fingerprint density at radius 1 is 1.30 bits per heavy atom. The second-order valence-electron chi connectivity index (χ2n) is 5.20. The van der Waals surface area contributed by atoms with E-state index in [1.165, 1.54) is 0 Å². The highest BCUT2D eigenvalue weighted by Crippen LogP contribution is 2.17. The minimum Gasteiger partial charge on any atom is -0.346 e. The fraction of sp³-hybridized carbons (Fsp3) is 0.375. The van der Waals surface area contributed by atoms with Gasteiger partial charge in [0.15, 0.2) is 0 Å². The maximum atomic E-state index is 12.3. The molecule has 0 fully saturated rings. The summed E-state index contributed by atoms with van der Waals surface area (Å²) in [5, 5.41) is 5.00. The van der Waals surface area contributed by atoms with E-state index in [9.17, 15) is 4.79 Å². The van der Waals surface area contributed by atoms with E-state index in [1.807, 2.05) is 30.3 Å². The molecule has 0 aliphatic heterocycles. The van der Waals surface area contributed by atoms with Gasteiger partial charge in [0, 0.05) is 16.3 Å². The van der Waals surface area contributed by atoms with E-state index in [1.54, 1.807) is 6.07 Å². The Hall–Kier alpha value is -1.42. The van der Waals surface area contributed by atoms with E-state index >= 15 is 0 Å². The zero-order valence-electron chi connectivity index (χ0n) is 11.8. The van der Waals surface area contributed by atoms with E-state index < -0.39 is 0 Å². The number of rotatable bonds is 5. The van der Waals surface area contributed by atoms with Crippen LogP contribution in [0.5, 0.6) is 0 Å². The SMILES string of the molecule is CCC(C)(CCBr)NC(=O)c1ccc2ccccc2n1. The molecule has 1 heterocycles. The average molecular weight is 335 g/mol. The number of halogens is 1. The van der Waals surface area contributed by atoms with Crippen molar-refractivity contribution in [2.24, 2.45) is 0 Å². The van der Waals surface area contributed by atoms with Crippen molar-refractivity contribution in [1.82, 2.24) is 10.3 Å². The maximum Gasteiger partial charge on any atom is 0.270 e. The molecule has 1 amide bonds. The molecule has 0 radical (unpaired) electrons. The summed E-state index contributed by atoms with van der Waals surface area (Å²) in [6, 6.07) is 11.5. The molecule has 1 unspecified atom stereocenters. The topological polar surface area (TPSA) is 42.0 Å². The molecule has 106 valence electrons. The number of aromatic nitrogens is 1. The molecule has 1 aromatic heterocycles. The number of amides is 1. The highest BCUT2D eigenvalue weighted by atomic mass is 79.9. The third-order valence-electron chi connectivity index (χ3n) is 3.67. The molecule has 1 atom stereocenters. The Bertz CT molecular complexity index is 614. The van der Waals surface area contributed by atoms with E-state index in [4.69, 9.17) is 0 Å². The minimum absolute atomic E-state index is 0.110. The summed E-state index contributed by atoms with van der Waals surface area (Å²) >= 11 is 3.44. The smallest absolute Gasteiger partial charge is 0.270 e. The number of pyridine rings is 1. The predicted octanol–water partition coefficient (Wildman–Crippen LogP) is 3.92. The first kappa shape index (κ1) is 15.0. The number of hydrogen-bond donors (Lipinski definition) is 1. The third kappa shape index (κ3) is 3.37. The molecule has 2 rings (SSSR count). The largest absolute Gasteiger partial charge is 0.346 e. The van der Waals surface area contributed by atoms with E-state index in [0.29, 0.717) is 5.69 Å². The molecule has 0 saturated heterocycles. The summed E-state index contributed by atoms with van der Waals surface area (Å²) in [5.41, 5.74) is 1.12. The first-order chi connectivity index (χ1) is 9.58. The van der Waals surface area contributed by atoms with Gasteiger partial charge in [0.25, 0.3) is 5.91 Å². The number of carbonyl (C=O) groups excluding carboxylic acids is 1. The number of para-hydroxylation sites is 1. The molecule has 4 heteroatoms. The first-order valence-corrected chi connectivity index (χ1v) is 7.94. The minimum atomic E-state index is -0.200. The van der Waals surface area contributed by atoms with Crippen molar-refractivity contribution in [3.8, 4) is 0 Å². The van der Waals surface area contributed by atoms with Gasteiger partial charge in [-0.3, -0.25) is 4.79 Å². The van der Waals surface area contributed by atoms with Gasteiger partial charge in [-0.05, 0) is 31.9 Å². The van der Waals surface area contributed by atoms with Gasteiger partial charge in [0.1, 0.15) is 5.69 Å². The summed E-state index contributed by atoms with van der Waals surface area (Å²) in [7, 11) is 0. The Balaban J connectivity index is 2.22. The summed E-state index contributed by atoms with van der Waals surface area (Å²) in [4.78, 5) is 16.8. The molecular weight excluding hydrogens is 316 g/mol. The van der Waals surface area contributed by atoms with Crippen molar-refractivity contribution in [1.29, 1.82) is 0 Å². The zero-order chi connectivity index (χ0) is 14.6. The zero-order valence-corrected chi connectivity index (χ0v) is 13.4. The number of benzene rings is 1. The molecule has 1 aromatic carbocycles. The van der Waals surface area contributed by atoms with Crippen LogP contribution in [0, 0.1) is 0 Å². The lowest BCUT2D eigenvalue weighted by molar-refractivity contribution is 0.0897. The van der Waals surface area contributed by atoms with Crippen molar-refractivity contribution in [2.45, 2.75) is 32.2 Å². The quantitative estimate of drug-likeness (QED) is 0.842. The van der Waals surface area contributed by atoms with Crippen LogP contribution in [0.1, 0.15) is 37.2 Å². The number of alkyl halides is 1. The Kier molecular flexibility index (Phi) is 4.76. The van der Waals surface area contributed by atoms with Crippen molar-refractivity contribution >= 4 is 32.7 Å². The highest BCUT2D eigenvalue weighted by Gasteiger charge is 2.24. The third-order valence-corrected chi connectivity index (χ3v) is 4.07. The van der Waals surface area contributed by atoms with Crippen LogP contribution < -0.4 is 5.32 Å². The van der Waals surface area contributed by atoms with Gasteiger partial charge in [0.05, 0.1) is 5.52 Å². The van der Waals surface area contributed by atoms with E-state index in [0.717, 1.165) is 29.1 Å². The van der Waals surface area contributed by atoms with Crippen LogP contribution in [-0.2, 0) is 0 Å². The van der Waals surface area contributed by atoms with Gasteiger partial charge in [-0.15, -0.1) is 0 Å². The van der Waals surface area contributed by atoms with Gasteiger partial charge < -0.3 is 5.32 Å². The number of nitrogens with one attached hydrogen (secondary N) is 1. The maximum absolute atomic E-state index is 12.3. The summed E-state index contributed by atoms with van der Waals surface area (Å²) in [5.74, 6) is -0.110. The lowest BCUT2D eigenvalue weighted by Crippen LogP contribution is -2.46. The predicted molar refractivity (Wildman–Crippen MR) is 86.3 cm³/mol. The summed E-state index contributed by atoms with van der Waals surface area (Å²) in [6.45, 7) is 4.14. The van der Waals surface area contributed by atoms with E-state index in [2.05, 4.69) is 40.1 Å². The van der Waals surface area contributed by atoms with E-state index in [-0.39, 0.29) is 11.4 Å². The molecule has 0 spiro atoms. The lowest BCUT2D eigenvalue weighted by Gasteiger charge is -2.28.